The standard InChI is InChI=1S/C18H24BN3O8S/c1-3-4-5-6-7-16(19-29-17(23)12-21(2)13-18(24)30-19)20-31(27,28)15-10-8-14(9-11-15)22(25)26/h6-11,16,20H,3-5,12-13H2,1-2H3/b7-6+. The Kier molecular flexibility index (Phi) is 8.71. The molecular weight excluding hydrogens is 429 g/mol. The lowest BCUT2D eigenvalue weighted by atomic mass is 9.78. The van der Waals surface area contributed by atoms with E-state index < -0.39 is 39.9 Å². The minimum atomic E-state index is -4.18. The Morgan fingerprint density at radius 3 is 2.32 bits per heavy atom. The van der Waals surface area contributed by atoms with Gasteiger partial charge in [-0.3, -0.25) is 24.6 Å². The number of unbranched alkanes of at least 4 members (excludes halogenated alkanes) is 2. The van der Waals surface area contributed by atoms with Gasteiger partial charge in [-0.1, -0.05) is 31.9 Å². The number of likely N-dealkylation sites (N-methyl/N-ethyl adjacent to an activating group) is 1. The number of carbonyl (C=O) groups excluding carboxylic acids is 2. The summed E-state index contributed by atoms with van der Waals surface area (Å²) < 4.78 is 38.4. The molecule has 168 valence electrons. The van der Waals surface area contributed by atoms with Crippen molar-refractivity contribution in [2.45, 2.75) is 37.0 Å². The fraction of sp³-hybridized carbons (Fsp3) is 0.444. The van der Waals surface area contributed by atoms with E-state index in [-0.39, 0.29) is 23.7 Å². The third-order valence-electron chi connectivity index (χ3n) is 4.30. The summed E-state index contributed by atoms with van der Waals surface area (Å²) in [5.74, 6) is -2.55. The first kappa shape index (κ1) is 24.5. The van der Waals surface area contributed by atoms with Gasteiger partial charge in [0, 0.05) is 12.1 Å². The lowest BCUT2D eigenvalue weighted by Gasteiger charge is -2.26. The molecule has 1 atom stereocenters. The molecule has 0 bridgehead atoms. The third kappa shape index (κ3) is 7.45. The molecule has 1 N–H and O–H groups in total. The van der Waals surface area contributed by atoms with E-state index in [9.17, 15) is 28.1 Å². The molecule has 0 radical (unpaired) electrons. The van der Waals surface area contributed by atoms with Crippen molar-refractivity contribution in [2.75, 3.05) is 20.1 Å². The van der Waals surface area contributed by atoms with Gasteiger partial charge < -0.3 is 9.31 Å². The first-order valence-corrected chi connectivity index (χ1v) is 11.1. The number of benzene rings is 1. The Labute approximate surface area is 180 Å². The van der Waals surface area contributed by atoms with Gasteiger partial charge in [-0.25, -0.2) is 13.1 Å². The number of nitro benzene ring substituents is 1. The van der Waals surface area contributed by atoms with E-state index in [4.69, 9.17) is 9.31 Å². The molecule has 1 aromatic carbocycles. The normalized spacial score (nSPS) is 17.0. The summed E-state index contributed by atoms with van der Waals surface area (Å²) in [6.07, 6.45) is 5.59. The van der Waals surface area contributed by atoms with Crippen LogP contribution in [0.2, 0.25) is 0 Å². The maximum Gasteiger partial charge on any atom is 0.622 e. The molecule has 1 aliphatic rings. The van der Waals surface area contributed by atoms with Crippen LogP contribution >= 0.6 is 0 Å². The van der Waals surface area contributed by atoms with Crippen LogP contribution < -0.4 is 4.72 Å². The Balaban J connectivity index is 2.29. The zero-order chi connectivity index (χ0) is 23.0. The molecule has 0 aromatic heterocycles. The quantitative estimate of drug-likeness (QED) is 0.191. The van der Waals surface area contributed by atoms with E-state index in [1.54, 1.807) is 13.1 Å². The van der Waals surface area contributed by atoms with Crippen LogP contribution in [-0.4, -0.2) is 63.4 Å². The van der Waals surface area contributed by atoms with Gasteiger partial charge in [0.2, 0.25) is 10.0 Å². The van der Waals surface area contributed by atoms with E-state index in [1.165, 1.54) is 11.0 Å². The first-order valence-electron chi connectivity index (χ1n) is 9.63. The predicted molar refractivity (Wildman–Crippen MR) is 111 cm³/mol. The van der Waals surface area contributed by atoms with Crippen molar-refractivity contribution >= 4 is 34.8 Å². The summed E-state index contributed by atoms with van der Waals surface area (Å²) in [6, 6.07) is 4.30. The van der Waals surface area contributed by atoms with Gasteiger partial charge >= 0.3 is 19.1 Å². The van der Waals surface area contributed by atoms with Gasteiger partial charge in [-0.2, -0.15) is 0 Å². The zero-order valence-electron chi connectivity index (χ0n) is 17.2. The number of carbonyl (C=O) groups is 2. The number of nitrogens with zero attached hydrogens (tertiary/aromatic N) is 2. The van der Waals surface area contributed by atoms with Crippen LogP contribution in [-0.2, 0) is 28.9 Å². The van der Waals surface area contributed by atoms with Gasteiger partial charge in [0.1, 0.15) is 5.94 Å². The molecule has 0 saturated carbocycles. The molecule has 1 aromatic rings. The predicted octanol–water partition coefficient (Wildman–Crippen LogP) is 1.05. The highest BCUT2D eigenvalue weighted by atomic mass is 32.2. The first-order chi connectivity index (χ1) is 14.6. The Hall–Kier alpha value is -2.77. The number of hydrogen-bond acceptors (Lipinski definition) is 9. The van der Waals surface area contributed by atoms with Crippen molar-refractivity contribution in [3.63, 3.8) is 0 Å². The Bertz CT molecular complexity index is 916. The van der Waals surface area contributed by atoms with Crippen LogP contribution in [0.4, 0.5) is 5.69 Å². The molecule has 0 aliphatic carbocycles. The molecule has 0 amide bonds. The molecule has 1 unspecified atom stereocenters. The van der Waals surface area contributed by atoms with Gasteiger partial charge in [0.15, 0.2) is 0 Å². The highest BCUT2D eigenvalue weighted by Crippen LogP contribution is 2.17. The number of nitro groups is 1. The Morgan fingerprint density at radius 1 is 1.23 bits per heavy atom. The number of nitrogens with one attached hydrogen (secondary N) is 1. The number of allylic oxidation sites excluding steroid dienone is 1. The highest BCUT2D eigenvalue weighted by Gasteiger charge is 2.40. The summed E-state index contributed by atoms with van der Waals surface area (Å²) in [6.45, 7) is 1.68. The van der Waals surface area contributed by atoms with Crippen molar-refractivity contribution in [2.24, 2.45) is 0 Å². The summed E-state index contributed by atoms with van der Waals surface area (Å²) in [4.78, 5) is 35.5. The maximum absolute atomic E-state index is 12.8. The van der Waals surface area contributed by atoms with Crippen molar-refractivity contribution in [1.29, 1.82) is 0 Å². The zero-order valence-corrected chi connectivity index (χ0v) is 18.0. The summed E-state index contributed by atoms with van der Waals surface area (Å²) in [5.41, 5.74) is -0.262. The highest BCUT2D eigenvalue weighted by molar-refractivity contribution is 7.89. The topological polar surface area (TPSA) is 145 Å². The Morgan fingerprint density at radius 2 is 1.81 bits per heavy atom. The lowest BCUT2D eigenvalue weighted by Crippen LogP contribution is -2.53. The molecule has 11 nitrogen and oxygen atoms in total. The number of sulfonamides is 1. The summed E-state index contributed by atoms with van der Waals surface area (Å²) in [5, 5.41) is 10.8. The van der Waals surface area contributed by atoms with E-state index in [1.807, 2.05) is 6.92 Å². The maximum atomic E-state index is 12.8. The van der Waals surface area contributed by atoms with Crippen molar-refractivity contribution in [3.8, 4) is 0 Å². The molecule has 1 saturated heterocycles. The average Bonchev–Trinajstić information content (AvgIpc) is 2.68. The third-order valence-corrected chi connectivity index (χ3v) is 5.78. The molecule has 13 heteroatoms. The fourth-order valence-electron chi connectivity index (χ4n) is 2.75. The summed E-state index contributed by atoms with van der Waals surface area (Å²) in [7, 11) is -4.13. The molecular formula is C18H24BN3O8S. The van der Waals surface area contributed by atoms with Crippen molar-refractivity contribution < 1.29 is 32.2 Å². The van der Waals surface area contributed by atoms with Crippen LogP contribution in [0.25, 0.3) is 0 Å². The van der Waals surface area contributed by atoms with E-state index >= 15 is 0 Å². The molecule has 1 aliphatic heterocycles. The second-order valence-corrected chi connectivity index (χ2v) is 8.70. The number of hydrogen-bond donors (Lipinski definition) is 1. The van der Waals surface area contributed by atoms with E-state index in [2.05, 4.69) is 4.72 Å². The van der Waals surface area contributed by atoms with Gasteiger partial charge in [0.05, 0.1) is 22.9 Å². The van der Waals surface area contributed by atoms with Gasteiger partial charge in [-0.05, 0) is 25.6 Å². The molecule has 1 heterocycles. The molecule has 31 heavy (non-hydrogen) atoms. The van der Waals surface area contributed by atoms with Crippen LogP contribution in [0, 0.1) is 10.1 Å². The van der Waals surface area contributed by atoms with Crippen LogP contribution in [0.1, 0.15) is 26.2 Å². The van der Waals surface area contributed by atoms with Crippen molar-refractivity contribution in [1.82, 2.24) is 9.62 Å². The number of rotatable bonds is 9. The second-order valence-electron chi connectivity index (χ2n) is 6.99. The van der Waals surface area contributed by atoms with Gasteiger partial charge in [0.25, 0.3) is 5.69 Å². The van der Waals surface area contributed by atoms with Crippen LogP contribution in [0.5, 0.6) is 0 Å². The molecule has 0 spiro atoms. The smallest absolute Gasteiger partial charge is 0.497 e. The van der Waals surface area contributed by atoms with Crippen molar-refractivity contribution in [3.05, 3.63) is 46.5 Å². The van der Waals surface area contributed by atoms with Crippen LogP contribution in [0.3, 0.4) is 0 Å². The van der Waals surface area contributed by atoms with E-state index in [0.717, 1.165) is 37.1 Å². The van der Waals surface area contributed by atoms with Gasteiger partial charge in [-0.15, -0.1) is 0 Å². The lowest BCUT2D eigenvalue weighted by molar-refractivity contribution is -0.384. The van der Waals surface area contributed by atoms with E-state index in [0.29, 0.717) is 6.42 Å². The monoisotopic (exact) mass is 453 g/mol. The SMILES string of the molecule is CCCC/C=C/C(NS(=O)(=O)c1ccc([N+](=O)[O-])cc1)B1OC(=O)CN(C)CC(=O)O1. The number of non-ortho nitro benzene ring substituents is 1. The largest absolute Gasteiger partial charge is 0.622 e. The minimum Gasteiger partial charge on any atom is -0.497 e. The minimum absolute atomic E-state index is 0.160. The summed E-state index contributed by atoms with van der Waals surface area (Å²) >= 11 is 0. The molecule has 1 fully saturated rings. The second kappa shape index (κ2) is 11.0. The average molecular weight is 453 g/mol. The van der Waals surface area contributed by atoms with Crippen LogP contribution in [0.15, 0.2) is 41.3 Å². The fourth-order valence-corrected chi connectivity index (χ4v) is 3.92. The molecule has 2 rings (SSSR count).